The molecule has 0 saturated carbocycles. The van der Waals surface area contributed by atoms with Crippen LogP contribution in [-0.4, -0.2) is 51.1 Å². The van der Waals surface area contributed by atoms with Crippen LogP contribution < -0.4 is 16.0 Å². The molecule has 3 heterocycles. The number of hydrogen-bond donors (Lipinski definition) is 2. The van der Waals surface area contributed by atoms with Crippen molar-refractivity contribution in [1.82, 2.24) is 24.4 Å². The molecule has 2 aromatic heterocycles. The first-order valence-corrected chi connectivity index (χ1v) is 7.35. The summed E-state index contributed by atoms with van der Waals surface area (Å²) >= 11 is 0. The highest BCUT2D eigenvalue weighted by Crippen LogP contribution is 2.15. The van der Waals surface area contributed by atoms with Gasteiger partial charge in [0.15, 0.2) is 0 Å². The highest BCUT2D eigenvalue weighted by atomic mass is 16.2. The number of nitrogens with zero attached hydrogens (tertiary/aromatic N) is 6. The second-order valence-electron chi connectivity index (χ2n) is 5.61. The summed E-state index contributed by atoms with van der Waals surface area (Å²) in [5.74, 6) is 2.43. The maximum Gasteiger partial charge on any atom is 0.315 e. The molecule has 0 fully saturated rings. The summed E-state index contributed by atoms with van der Waals surface area (Å²) in [5.41, 5.74) is 6.22. The van der Waals surface area contributed by atoms with E-state index in [1.807, 2.05) is 31.3 Å². The Bertz CT molecular complexity index is 711. The molecular weight excluding hydrogens is 296 g/mol. The van der Waals surface area contributed by atoms with Gasteiger partial charge in [-0.25, -0.2) is 19.7 Å². The third-order valence-corrected chi connectivity index (χ3v) is 3.73. The number of amides is 2. The monoisotopic (exact) mass is 316 g/mol. The van der Waals surface area contributed by atoms with Crippen molar-refractivity contribution in [2.24, 2.45) is 5.73 Å². The third-order valence-electron chi connectivity index (χ3n) is 3.73. The van der Waals surface area contributed by atoms with Gasteiger partial charge in [-0.15, -0.1) is 0 Å². The average Bonchev–Trinajstić information content (AvgIpc) is 2.95. The summed E-state index contributed by atoms with van der Waals surface area (Å²) in [6.07, 6.45) is 3.52. The van der Waals surface area contributed by atoms with Gasteiger partial charge in [0.2, 0.25) is 0 Å². The molecule has 0 saturated heterocycles. The fourth-order valence-corrected chi connectivity index (χ4v) is 2.45. The molecule has 1 aliphatic rings. The first-order chi connectivity index (χ1) is 11.0. The Balaban J connectivity index is 1.66. The van der Waals surface area contributed by atoms with E-state index in [0.29, 0.717) is 26.2 Å². The zero-order valence-electron chi connectivity index (χ0n) is 13.2. The van der Waals surface area contributed by atoms with Crippen LogP contribution in [0.3, 0.4) is 0 Å². The fourth-order valence-electron chi connectivity index (χ4n) is 2.45. The van der Waals surface area contributed by atoms with E-state index in [1.54, 1.807) is 4.90 Å². The van der Waals surface area contributed by atoms with E-state index < -0.39 is 6.03 Å². The number of nitrogens with one attached hydrogen (secondary N) is 1. The smallest absolute Gasteiger partial charge is 0.315 e. The maximum atomic E-state index is 11.2. The molecule has 3 N–H and O–H groups in total. The van der Waals surface area contributed by atoms with Crippen molar-refractivity contribution >= 4 is 17.7 Å². The molecule has 9 heteroatoms. The SMILES string of the molecule is CN(C)c1cc(NCc2cn3c(n2)CN(C(N)=O)CC3)ncn1. The number of primary amides is 1. The van der Waals surface area contributed by atoms with Gasteiger partial charge >= 0.3 is 6.03 Å². The van der Waals surface area contributed by atoms with E-state index in [0.717, 1.165) is 23.2 Å². The quantitative estimate of drug-likeness (QED) is 0.837. The molecule has 2 amide bonds. The van der Waals surface area contributed by atoms with E-state index in [2.05, 4.69) is 24.8 Å². The number of hydrogen-bond acceptors (Lipinski definition) is 6. The van der Waals surface area contributed by atoms with Crippen molar-refractivity contribution in [2.45, 2.75) is 19.6 Å². The predicted octanol–water partition coefficient (Wildman–Crippen LogP) is 0.246. The maximum absolute atomic E-state index is 11.2. The summed E-state index contributed by atoms with van der Waals surface area (Å²) in [6.45, 7) is 2.33. The third kappa shape index (κ3) is 3.33. The molecule has 1 aliphatic heterocycles. The summed E-state index contributed by atoms with van der Waals surface area (Å²) in [5, 5.41) is 3.24. The van der Waals surface area contributed by atoms with Crippen LogP contribution in [0.1, 0.15) is 11.5 Å². The minimum absolute atomic E-state index is 0.406. The zero-order chi connectivity index (χ0) is 16.4. The largest absolute Gasteiger partial charge is 0.364 e. The minimum Gasteiger partial charge on any atom is -0.364 e. The number of aromatic nitrogens is 4. The fraction of sp³-hybridized carbons (Fsp3) is 0.429. The average molecular weight is 316 g/mol. The molecule has 3 rings (SSSR count). The number of fused-ring (bicyclic) bond motifs is 1. The summed E-state index contributed by atoms with van der Waals surface area (Å²) in [6, 6.07) is 1.47. The van der Waals surface area contributed by atoms with E-state index in [1.165, 1.54) is 6.33 Å². The lowest BCUT2D eigenvalue weighted by Gasteiger charge is -2.25. The van der Waals surface area contributed by atoms with Gasteiger partial charge < -0.3 is 25.4 Å². The van der Waals surface area contributed by atoms with Gasteiger partial charge in [-0.05, 0) is 0 Å². The Morgan fingerprint density at radius 1 is 1.39 bits per heavy atom. The number of rotatable bonds is 4. The van der Waals surface area contributed by atoms with Crippen molar-refractivity contribution in [3.05, 3.63) is 30.1 Å². The lowest BCUT2D eigenvalue weighted by molar-refractivity contribution is 0.191. The van der Waals surface area contributed by atoms with Gasteiger partial charge in [0, 0.05) is 39.4 Å². The second-order valence-corrected chi connectivity index (χ2v) is 5.61. The van der Waals surface area contributed by atoms with Crippen LogP contribution in [0.5, 0.6) is 0 Å². The van der Waals surface area contributed by atoms with Crippen molar-refractivity contribution < 1.29 is 4.79 Å². The summed E-state index contributed by atoms with van der Waals surface area (Å²) in [7, 11) is 3.86. The predicted molar refractivity (Wildman–Crippen MR) is 85.9 cm³/mol. The number of urea groups is 1. The molecule has 0 atom stereocenters. The lowest BCUT2D eigenvalue weighted by Crippen LogP contribution is -2.41. The van der Waals surface area contributed by atoms with Crippen molar-refractivity contribution in [3.8, 4) is 0 Å². The van der Waals surface area contributed by atoms with Crippen LogP contribution >= 0.6 is 0 Å². The van der Waals surface area contributed by atoms with Crippen molar-refractivity contribution in [3.63, 3.8) is 0 Å². The van der Waals surface area contributed by atoms with Crippen LogP contribution in [0.2, 0.25) is 0 Å². The van der Waals surface area contributed by atoms with Gasteiger partial charge in [0.1, 0.15) is 23.8 Å². The summed E-state index contributed by atoms with van der Waals surface area (Å²) in [4.78, 5) is 27.7. The highest BCUT2D eigenvalue weighted by molar-refractivity contribution is 5.72. The van der Waals surface area contributed by atoms with Gasteiger partial charge in [0.05, 0.1) is 18.8 Å². The second kappa shape index (κ2) is 6.11. The Morgan fingerprint density at radius 3 is 2.96 bits per heavy atom. The number of imidazole rings is 1. The van der Waals surface area contributed by atoms with Crippen LogP contribution in [0.15, 0.2) is 18.6 Å². The molecule has 2 aromatic rings. The Hall–Kier alpha value is -2.84. The number of nitrogens with two attached hydrogens (primary N) is 1. The molecule has 0 aliphatic carbocycles. The Kier molecular flexibility index (Phi) is 4.00. The van der Waals surface area contributed by atoms with Gasteiger partial charge in [-0.2, -0.15) is 0 Å². The minimum atomic E-state index is -0.406. The number of carbonyl (C=O) groups excluding carboxylic acids is 1. The van der Waals surface area contributed by atoms with Gasteiger partial charge in [0.25, 0.3) is 0 Å². The van der Waals surface area contributed by atoms with Gasteiger partial charge in [-0.1, -0.05) is 0 Å². The molecule has 0 bridgehead atoms. The Labute approximate surface area is 134 Å². The summed E-state index contributed by atoms with van der Waals surface area (Å²) < 4.78 is 2.06. The zero-order valence-corrected chi connectivity index (χ0v) is 13.2. The first-order valence-electron chi connectivity index (χ1n) is 7.35. The highest BCUT2D eigenvalue weighted by Gasteiger charge is 2.20. The van der Waals surface area contributed by atoms with Crippen molar-refractivity contribution in [2.75, 3.05) is 30.9 Å². The van der Waals surface area contributed by atoms with Crippen LogP contribution in [0.4, 0.5) is 16.4 Å². The molecule has 122 valence electrons. The molecule has 0 spiro atoms. The van der Waals surface area contributed by atoms with Crippen LogP contribution in [-0.2, 0) is 19.6 Å². The first kappa shape index (κ1) is 15.1. The van der Waals surface area contributed by atoms with Crippen LogP contribution in [0.25, 0.3) is 0 Å². The standard InChI is InChI=1S/C14H20N8O/c1-20(2)12-5-11(17-9-18-12)16-6-10-7-21-3-4-22(14(15)23)8-13(21)19-10/h5,7,9H,3-4,6,8H2,1-2H3,(H2,15,23)(H,16,17,18). The Morgan fingerprint density at radius 2 is 2.22 bits per heavy atom. The van der Waals surface area contributed by atoms with E-state index in [4.69, 9.17) is 5.73 Å². The van der Waals surface area contributed by atoms with E-state index in [9.17, 15) is 4.79 Å². The molecular formula is C14H20N8O. The lowest BCUT2D eigenvalue weighted by atomic mass is 10.4. The van der Waals surface area contributed by atoms with E-state index in [-0.39, 0.29) is 0 Å². The molecule has 23 heavy (non-hydrogen) atoms. The normalized spacial score (nSPS) is 13.6. The molecule has 9 nitrogen and oxygen atoms in total. The van der Waals surface area contributed by atoms with Crippen molar-refractivity contribution in [1.29, 1.82) is 0 Å². The van der Waals surface area contributed by atoms with E-state index >= 15 is 0 Å². The topological polar surface area (TPSA) is 105 Å². The number of anilines is 2. The van der Waals surface area contributed by atoms with Crippen LogP contribution in [0, 0.1) is 0 Å². The molecule has 0 aromatic carbocycles. The number of carbonyl (C=O) groups is 1. The molecule has 0 unspecified atom stereocenters. The van der Waals surface area contributed by atoms with Gasteiger partial charge in [-0.3, -0.25) is 0 Å². The molecule has 0 radical (unpaired) electrons.